The zero-order valence-electron chi connectivity index (χ0n) is 12.5. The van der Waals surface area contributed by atoms with Crippen molar-refractivity contribution in [3.8, 4) is 11.4 Å². The Morgan fingerprint density at radius 3 is 2.52 bits per heavy atom. The quantitative estimate of drug-likeness (QED) is 0.880. The predicted molar refractivity (Wildman–Crippen MR) is 88.8 cm³/mol. The van der Waals surface area contributed by atoms with Crippen molar-refractivity contribution in [3.63, 3.8) is 0 Å². The second-order valence-corrected chi connectivity index (χ2v) is 6.29. The van der Waals surface area contributed by atoms with Crippen LogP contribution in [0.1, 0.15) is 25.2 Å². The first-order valence-corrected chi connectivity index (χ1v) is 7.72. The molecule has 5 heteroatoms. The second-order valence-electron chi connectivity index (χ2n) is 5.48. The molecular formula is C16H19Cl2N3. The summed E-state index contributed by atoms with van der Waals surface area (Å²) in [5.41, 5.74) is 2.79. The Bertz CT molecular complexity index is 627. The van der Waals surface area contributed by atoms with Crippen LogP contribution in [0.3, 0.4) is 0 Å². The Balaban J connectivity index is 2.23. The highest BCUT2D eigenvalue weighted by Crippen LogP contribution is 2.27. The number of hydrogen-bond acceptors (Lipinski definition) is 3. The zero-order chi connectivity index (χ0) is 15.4. The van der Waals surface area contributed by atoms with Crippen molar-refractivity contribution >= 4 is 23.2 Å². The van der Waals surface area contributed by atoms with E-state index >= 15 is 0 Å². The SMILES string of the molecule is Cc1cc(CNCC(C)C)nc(-c2ccc(Cl)c(Cl)c2)n1. The molecule has 2 aromatic rings. The maximum atomic E-state index is 6.06. The van der Waals surface area contributed by atoms with Crippen LogP contribution in [0.2, 0.25) is 10.0 Å². The maximum Gasteiger partial charge on any atom is 0.159 e. The van der Waals surface area contributed by atoms with Crippen LogP contribution in [0.15, 0.2) is 24.3 Å². The van der Waals surface area contributed by atoms with E-state index in [0.717, 1.165) is 30.0 Å². The van der Waals surface area contributed by atoms with Crippen molar-refractivity contribution in [2.75, 3.05) is 6.54 Å². The third-order valence-corrected chi connectivity index (χ3v) is 3.68. The molecule has 1 aromatic heterocycles. The van der Waals surface area contributed by atoms with Crippen LogP contribution in [-0.4, -0.2) is 16.5 Å². The molecular weight excluding hydrogens is 305 g/mol. The van der Waals surface area contributed by atoms with Crippen molar-refractivity contribution in [2.24, 2.45) is 5.92 Å². The highest BCUT2D eigenvalue weighted by molar-refractivity contribution is 6.42. The van der Waals surface area contributed by atoms with Gasteiger partial charge in [0.2, 0.25) is 0 Å². The van der Waals surface area contributed by atoms with Gasteiger partial charge in [0, 0.05) is 17.8 Å². The van der Waals surface area contributed by atoms with Gasteiger partial charge in [0.1, 0.15) is 0 Å². The second kappa shape index (κ2) is 7.21. The number of halogens is 2. The van der Waals surface area contributed by atoms with Crippen LogP contribution in [0.5, 0.6) is 0 Å². The lowest BCUT2D eigenvalue weighted by Crippen LogP contribution is -2.20. The van der Waals surface area contributed by atoms with Gasteiger partial charge in [-0.1, -0.05) is 37.0 Å². The monoisotopic (exact) mass is 323 g/mol. The Labute approximate surface area is 135 Å². The molecule has 0 bridgehead atoms. The van der Waals surface area contributed by atoms with E-state index in [1.165, 1.54) is 0 Å². The molecule has 1 aromatic carbocycles. The molecule has 3 nitrogen and oxygen atoms in total. The first-order valence-electron chi connectivity index (χ1n) is 6.96. The fourth-order valence-electron chi connectivity index (χ4n) is 1.98. The number of aryl methyl sites for hydroxylation is 1. The van der Waals surface area contributed by atoms with Gasteiger partial charge in [-0.15, -0.1) is 0 Å². The third kappa shape index (κ3) is 4.67. The maximum absolute atomic E-state index is 6.06. The molecule has 0 aliphatic heterocycles. The van der Waals surface area contributed by atoms with E-state index < -0.39 is 0 Å². The molecule has 2 rings (SSSR count). The van der Waals surface area contributed by atoms with Crippen molar-refractivity contribution < 1.29 is 0 Å². The number of nitrogens with zero attached hydrogens (tertiary/aromatic N) is 2. The lowest BCUT2D eigenvalue weighted by molar-refractivity contribution is 0.548. The Morgan fingerprint density at radius 2 is 1.86 bits per heavy atom. The molecule has 112 valence electrons. The van der Waals surface area contributed by atoms with E-state index in [2.05, 4.69) is 29.1 Å². The topological polar surface area (TPSA) is 37.8 Å². The van der Waals surface area contributed by atoms with E-state index in [1.807, 2.05) is 19.1 Å². The average Bonchev–Trinajstić information content (AvgIpc) is 2.41. The summed E-state index contributed by atoms with van der Waals surface area (Å²) in [4.78, 5) is 9.07. The molecule has 0 amide bonds. The van der Waals surface area contributed by atoms with Crippen molar-refractivity contribution in [2.45, 2.75) is 27.3 Å². The van der Waals surface area contributed by atoms with E-state index in [0.29, 0.717) is 21.8 Å². The van der Waals surface area contributed by atoms with Crippen LogP contribution < -0.4 is 5.32 Å². The molecule has 21 heavy (non-hydrogen) atoms. The van der Waals surface area contributed by atoms with E-state index in [4.69, 9.17) is 23.2 Å². The highest BCUT2D eigenvalue weighted by Gasteiger charge is 2.07. The largest absolute Gasteiger partial charge is 0.311 e. The number of nitrogens with one attached hydrogen (secondary N) is 1. The Morgan fingerprint density at radius 1 is 1.10 bits per heavy atom. The fraction of sp³-hybridized carbons (Fsp3) is 0.375. The molecule has 0 atom stereocenters. The fourth-order valence-corrected chi connectivity index (χ4v) is 2.28. The molecule has 0 aliphatic carbocycles. The molecule has 0 radical (unpaired) electrons. The lowest BCUT2D eigenvalue weighted by atomic mass is 10.2. The molecule has 0 saturated carbocycles. The summed E-state index contributed by atoms with van der Waals surface area (Å²) >= 11 is 12.0. The summed E-state index contributed by atoms with van der Waals surface area (Å²) in [6.45, 7) is 8.02. The van der Waals surface area contributed by atoms with Gasteiger partial charge in [-0.05, 0) is 43.7 Å². The van der Waals surface area contributed by atoms with Gasteiger partial charge < -0.3 is 5.32 Å². The van der Waals surface area contributed by atoms with Crippen molar-refractivity contribution in [3.05, 3.63) is 45.7 Å². The summed E-state index contributed by atoms with van der Waals surface area (Å²) in [6, 6.07) is 7.44. The first kappa shape index (κ1) is 16.2. The van der Waals surface area contributed by atoms with E-state index in [1.54, 1.807) is 12.1 Å². The minimum Gasteiger partial charge on any atom is -0.311 e. The van der Waals surface area contributed by atoms with Gasteiger partial charge in [0.05, 0.1) is 15.7 Å². The van der Waals surface area contributed by atoms with Gasteiger partial charge in [-0.25, -0.2) is 9.97 Å². The molecule has 1 heterocycles. The van der Waals surface area contributed by atoms with Crippen molar-refractivity contribution in [1.82, 2.24) is 15.3 Å². The smallest absolute Gasteiger partial charge is 0.159 e. The van der Waals surface area contributed by atoms with Gasteiger partial charge in [-0.3, -0.25) is 0 Å². The molecule has 0 saturated heterocycles. The molecule has 0 unspecified atom stereocenters. The summed E-state index contributed by atoms with van der Waals surface area (Å²) in [6.07, 6.45) is 0. The highest BCUT2D eigenvalue weighted by atomic mass is 35.5. The van der Waals surface area contributed by atoms with E-state index in [-0.39, 0.29) is 0 Å². The van der Waals surface area contributed by atoms with Gasteiger partial charge in [0.25, 0.3) is 0 Å². The van der Waals surface area contributed by atoms with Crippen LogP contribution in [0, 0.1) is 12.8 Å². The Kier molecular flexibility index (Phi) is 5.57. The molecule has 0 aliphatic rings. The molecule has 0 spiro atoms. The number of rotatable bonds is 5. The third-order valence-electron chi connectivity index (χ3n) is 2.94. The predicted octanol–water partition coefficient (Wildman–Crippen LogP) is 4.50. The average molecular weight is 324 g/mol. The number of aromatic nitrogens is 2. The van der Waals surface area contributed by atoms with E-state index in [9.17, 15) is 0 Å². The van der Waals surface area contributed by atoms with Gasteiger partial charge >= 0.3 is 0 Å². The minimum atomic E-state index is 0.513. The number of hydrogen-bond donors (Lipinski definition) is 1. The summed E-state index contributed by atoms with van der Waals surface area (Å²) < 4.78 is 0. The van der Waals surface area contributed by atoms with Crippen LogP contribution >= 0.6 is 23.2 Å². The van der Waals surface area contributed by atoms with Crippen LogP contribution in [-0.2, 0) is 6.54 Å². The van der Waals surface area contributed by atoms with Crippen LogP contribution in [0.25, 0.3) is 11.4 Å². The standard InChI is InChI=1S/C16H19Cl2N3/c1-10(2)8-19-9-13-6-11(3)20-16(21-13)12-4-5-14(17)15(18)7-12/h4-7,10,19H,8-9H2,1-3H3. The normalized spacial score (nSPS) is 11.1. The van der Waals surface area contributed by atoms with Crippen LogP contribution in [0.4, 0.5) is 0 Å². The number of benzene rings is 1. The van der Waals surface area contributed by atoms with Gasteiger partial charge in [-0.2, -0.15) is 0 Å². The Hall–Kier alpha value is -1.16. The summed E-state index contributed by atoms with van der Waals surface area (Å²) in [7, 11) is 0. The summed E-state index contributed by atoms with van der Waals surface area (Å²) in [5, 5.41) is 4.44. The van der Waals surface area contributed by atoms with Crippen molar-refractivity contribution in [1.29, 1.82) is 0 Å². The summed E-state index contributed by atoms with van der Waals surface area (Å²) in [5.74, 6) is 1.29. The lowest BCUT2D eigenvalue weighted by Gasteiger charge is -2.09. The first-order chi connectivity index (χ1) is 9.95. The minimum absolute atomic E-state index is 0.513. The molecule has 1 N–H and O–H groups in total. The molecule has 0 fully saturated rings. The van der Waals surface area contributed by atoms with Gasteiger partial charge in [0.15, 0.2) is 5.82 Å². The zero-order valence-corrected chi connectivity index (χ0v) is 14.0.